The van der Waals surface area contributed by atoms with Crippen molar-refractivity contribution >= 4 is 17.5 Å². The summed E-state index contributed by atoms with van der Waals surface area (Å²) in [5, 5.41) is 31.1. The first-order chi connectivity index (χ1) is 14.8. The second-order valence-electron chi connectivity index (χ2n) is 8.24. The number of aliphatic hydroxyl groups is 1. The third-order valence-electron chi connectivity index (χ3n) is 5.24. The fraction of sp³-hybridized carbons (Fsp3) is 0.684. The molecule has 2 N–H and O–H groups in total. The van der Waals surface area contributed by atoms with Crippen LogP contribution in [-0.4, -0.2) is 76.1 Å². The molecule has 10 nitrogen and oxygen atoms in total. The maximum atomic E-state index is 13.0. The molecule has 180 valence electrons. The van der Waals surface area contributed by atoms with Gasteiger partial charge in [-0.1, -0.05) is 0 Å². The van der Waals surface area contributed by atoms with Gasteiger partial charge in [0.2, 0.25) is 5.82 Å². The lowest BCUT2D eigenvalue weighted by Gasteiger charge is -2.44. The Kier molecular flexibility index (Phi) is 8.02. The van der Waals surface area contributed by atoms with Gasteiger partial charge < -0.3 is 19.8 Å². The number of piperazine rings is 1. The lowest BCUT2D eigenvalue weighted by atomic mass is 9.92. The zero-order valence-electron chi connectivity index (χ0n) is 18.0. The van der Waals surface area contributed by atoms with E-state index in [-0.39, 0.29) is 38.5 Å². The summed E-state index contributed by atoms with van der Waals surface area (Å²) in [5.74, 6) is -1.24. The van der Waals surface area contributed by atoms with Crippen LogP contribution >= 0.6 is 0 Å². The van der Waals surface area contributed by atoms with E-state index in [2.05, 4.69) is 4.98 Å². The van der Waals surface area contributed by atoms with E-state index in [9.17, 15) is 38.3 Å². The number of carboxylic acids is 1. The second kappa shape index (κ2) is 9.96. The molecule has 1 aromatic rings. The standard InChI is InChI=1S/C19H27F3N4O6/c1-4-32-15(27)8-13-10-24(11-18(2,3)17(28)29)5-6-25(13)16-14(26(30)31)7-12(9-23-16)19(20,21)22/h7,9,13,15,27H,4-6,8,10-11H2,1-3H3,(H,28,29). The number of hydrogen-bond acceptors (Lipinski definition) is 8. The maximum absolute atomic E-state index is 13.0. The summed E-state index contributed by atoms with van der Waals surface area (Å²) in [7, 11) is 0. The minimum Gasteiger partial charge on any atom is -0.481 e. The second-order valence-corrected chi connectivity index (χ2v) is 8.24. The zero-order chi connectivity index (χ0) is 24.3. The van der Waals surface area contributed by atoms with Crippen molar-refractivity contribution in [1.82, 2.24) is 9.88 Å². The van der Waals surface area contributed by atoms with Gasteiger partial charge in [-0.2, -0.15) is 13.2 Å². The van der Waals surface area contributed by atoms with E-state index >= 15 is 0 Å². The fourth-order valence-electron chi connectivity index (χ4n) is 3.62. The number of hydrogen-bond donors (Lipinski definition) is 2. The Labute approximate surface area is 182 Å². The predicted molar refractivity (Wildman–Crippen MR) is 107 cm³/mol. The van der Waals surface area contributed by atoms with E-state index in [1.54, 1.807) is 20.8 Å². The van der Waals surface area contributed by atoms with E-state index in [1.165, 1.54) is 4.90 Å². The average molecular weight is 464 g/mol. The van der Waals surface area contributed by atoms with E-state index < -0.39 is 46.1 Å². The molecular formula is C19H27F3N4O6. The van der Waals surface area contributed by atoms with Gasteiger partial charge >= 0.3 is 17.8 Å². The number of aromatic nitrogens is 1. The maximum Gasteiger partial charge on any atom is 0.418 e. The summed E-state index contributed by atoms with van der Waals surface area (Å²) >= 11 is 0. The van der Waals surface area contributed by atoms with Crippen LogP contribution in [0.3, 0.4) is 0 Å². The predicted octanol–water partition coefficient (Wildman–Crippen LogP) is 2.35. The Hall–Kier alpha value is -2.51. The average Bonchev–Trinajstić information content (AvgIpc) is 2.66. The molecule has 0 aliphatic carbocycles. The van der Waals surface area contributed by atoms with Crippen LogP contribution in [0, 0.1) is 15.5 Å². The third kappa shape index (κ3) is 6.26. The number of rotatable bonds is 9. The van der Waals surface area contributed by atoms with E-state index in [4.69, 9.17) is 4.74 Å². The van der Waals surface area contributed by atoms with E-state index in [1.807, 2.05) is 4.90 Å². The number of carbonyl (C=O) groups is 1. The van der Waals surface area contributed by atoms with Crippen LogP contribution in [0.2, 0.25) is 0 Å². The normalized spacial score (nSPS) is 19.1. The van der Waals surface area contributed by atoms with Gasteiger partial charge in [0.15, 0.2) is 6.29 Å². The highest BCUT2D eigenvalue weighted by molar-refractivity contribution is 5.73. The van der Waals surface area contributed by atoms with Crippen LogP contribution < -0.4 is 4.90 Å². The number of nitrogens with zero attached hydrogens (tertiary/aromatic N) is 4. The van der Waals surface area contributed by atoms with Gasteiger partial charge in [0.1, 0.15) is 0 Å². The zero-order valence-corrected chi connectivity index (χ0v) is 18.0. The van der Waals surface area contributed by atoms with Crippen LogP contribution in [0.4, 0.5) is 24.7 Å². The van der Waals surface area contributed by atoms with Crippen LogP contribution in [0.5, 0.6) is 0 Å². The highest BCUT2D eigenvalue weighted by Crippen LogP contribution is 2.36. The number of aliphatic carboxylic acids is 1. The Bertz CT molecular complexity index is 836. The molecule has 0 amide bonds. The summed E-state index contributed by atoms with van der Waals surface area (Å²) in [4.78, 5) is 29.1. The van der Waals surface area contributed by atoms with Gasteiger partial charge in [-0.3, -0.25) is 19.8 Å². The molecule has 1 aliphatic heterocycles. The molecule has 2 atom stereocenters. The molecule has 1 fully saturated rings. The molecule has 13 heteroatoms. The van der Waals surface area contributed by atoms with Crippen LogP contribution in [0.15, 0.2) is 12.3 Å². The SMILES string of the molecule is CCOC(O)CC1CN(CC(C)(C)C(=O)O)CCN1c1ncc(C(F)(F)F)cc1[N+](=O)[O-]. The summed E-state index contributed by atoms with van der Waals surface area (Å²) in [5.41, 5.74) is -3.10. The number of nitro groups is 1. The largest absolute Gasteiger partial charge is 0.481 e. The minimum absolute atomic E-state index is 0.00229. The molecule has 32 heavy (non-hydrogen) atoms. The van der Waals surface area contributed by atoms with Crippen LogP contribution in [0.25, 0.3) is 0 Å². The molecule has 0 radical (unpaired) electrons. The van der Waals surface area contributed by atoms with Crippen molar-refractivity contribution in [3.05, 3.63) is 27.9 Å². The molecule has 1 aromatic heterocycles. The van der Waals surface area contributed by atoms with Crippen molar-refractivity contribution in [2.45, 2.75) is 45.7 Å². The first-order valence-electron chi connectivity index (χ1n) is 10.00. The van der Waals surface area contributed by atoms with Crippen molar-refractivity contribution in [2.75, 3.05) is 37.7 Å². The van der Waals surface area contributed by atoms with Crippen molar-refractivity contribution < 1.29 is 37.8 Å². The van der Waals surface area contributed by atoms with Crippen molar-refractivity contribution in [1.29, 1.82) is 0 Å². The monoisotopic (exact) mass is 464 g/mol. The fourth-order valence-corrected chi connectivity index (χ4v) is 3.62. The summed E-state index contributed by atoms with van der Waals surface area (Å²) in [6.07, 6.45) is -5.47. The highest BCUT2D eigenvalue weighted by atomic mass is 19.4. The number of carboxylic acid groups (broad SMARTS) is 1. The number of halogens is 3. The van der Waals surface area contributed by atoms with Crippen LogP contribution in [-0.2, 0) is 15.7 Å². The molecule has 0 saturated carbocycles. The smallest absolute Gasteiger partial charge is 0.418 e. The molecular weight excluding hydrogens is 437 g/mol. The molecule has 0 aromatic carbocycles. The number of aliphatic hydroxyl groups excluding tert-OH is 1. The lowest BCUT2D eigenvalue weighted by Crippen LogP contribution is -2.57. The van der Waals surface area contributed by atoms with Crippen molar-refractivity contribution in [3.8, 4) is 0 Å². The number of pyridine rings is 1. The summed E-state index contributed by atoms with van der Waals surface area (Å²) in [6.45, 7) is 5.84. The Morgan fingerprint density at radius 2 is 2.06 bits per heavy atom. The van der Waals surface area contributed by atoms with Gasteiger partial charge in [-0.15, -0.1) is 0 Å². The van der Waals surface area contributed by atoms with E-state index in [0.717, 1.165) is 0 Å². The minimum atomic E-state index is -4.79. The van der Waals surface area contributed by atoms with Gasteiger partial charge in [0.05, 0.1) is 15.9 Å². The highest BCUT2D eigenvalue weighted by Gasteiger charge is 2.39. The van der Waals surface area contributed by atoms with E-state index in [0.29, 0.717) is 18.8 Å². The van der Waals surface area contributed by atoms with Gasteiger partial charge in [-0.25, -0.2) is 4.98 Å². The summed E-state index contributed by atoms with van der Waals surface area (Å²) < 4.78 is 44.3. The first-order valence-corrected chi connectivity index (χ1v) is 10.00. The number of anilines is 1. The summed E-state index contributed by atoms with van der Waals surface area (Å²) in [6, 6.07) is -0.170. The van der Waals surface area contributed by atoms with Crippen molar-refractivity contribution in [2.24, 2.45) is 5.41 Å². The Morgan fingerprint density at radius 1 is 1.41 bits per heavy atom. The number of alkyl halides is 3. The van der Waals surface area contributed by atoms with Gasteiger partial charge in [-0.05, 0) is 20.8 Å². The molecule has 1 saturated heterocycles. The molecule has 2 rings (SSSR count). The first kappa shape index (κ1) is 25.7. The lowest BCUT2D eigenvalue weighted by molar-refractivity contribution is -0.384. The Balaban J connectivity index is 2.38. The molecule has 2 heterocycles. The van der Waals surface area contributed by atoms with Crippen LogP contribution in [0.1, 0.15) is 32.8 Å². The quantitative estimate of drug-likeness (QED) is 0.321. The number of ether oxygens (including phenoxy) is 1. The van der Waals surface area contributed by atoms with Gasteiger partial charge in [0, 0.05) is 57.5 Å². The molecule has 0 bridgehead atoms. The van der Waals surface area contributed by atoms with Crippen molar-refractivity contribution in [3.63, 3.8) is 0 Å². The van der Waals surface area contributed by atoms with Gasteiger partial charge in [0.25, 0.3) is 0 Å². The molecule has 2 unspecified atom stereocenters. The third-order valence-corrected chi connectivity index (χ3v) is 5.24. The molecule has 0 spiro atoms. The topological polar surface area (TPSA) is 129 Å². The Morgan fingerprint density at radius 3 is 2.59 bits per heavy atom. The molecule has 1 aliphatic rings.